The first-order valence-corrected chi connectivity index (χ1v) is 9.55. The number of hydrogen-bond donors (Lipinski definition) is 2. The molecule has 2 fully saturated rings. The average molecular weight is 335 g/mol. The van der Waals surface area contributed by atoms with E-state index in [4.69, 9.17) is 9.84 Å². The van der Waals surface area contributed by atoms with E-state index in [0.29, 0.717) is 17.9 Å². The van der Waals surface area contributed by atoms with Gasteiger partial charge in [-0.05, 0) is 44.4 Å². The SMILES string of the molecule is CCCCC=CC=CC1CCCC2NC(C)C(OC(=O)CO)CC12. The van der Waals surface area contributed by atoms with Gasteiger partial charge in [-0.1, -0.05) is 50.5 Å². The highest BCUT2D eigenvalue weighted by Crippen LogP contribution is 2.38. The van der Waals surface area contributed by atoms with Crippen LogP contribution in [0.1, 0.15) is 58.8 Å². The van der Waals surface area contributed by atoms with Crippen LogP contribution in [-0.4, -0.2) is 35.9 Å². The number of hydrogen-bond acceptors (Lipinski definition) is 4. The zero-order valence-electron chi connectivity index (χ0n) is 15.1. The molecule has 0 amide bonds. The molecule has 0 spiro atoms. The minimum absolute atomic E-state index is 0.139. The molecule has 2 aliphatic rings. The van der Waals surface area contributed by atoms with Crippen molar-refractivity contribution in [3.8, 4) is 0 Å². The number of fused-ring (bicyclic) bond motifs is 1. The molecule has 1 saturated heterocycles. The molecule has 5 atom stereocenters. The second-order valence-corrected chi connectivity index (χ2v) is 7.20. The lowest BCUT2D eigenvalue weighted by Gasteiger charge is -2.46. The largest absolute Gasteiger partial charge is 0.459 e. The van der Waals surface area contributed by atoms with Gasteiger partial charge in [0.1, 0.15) is 12.7 Å². The Morgan fingerprint density at radius 3 is 2.92 bits per heavy atom. The molecule has 0 radical (unpaired) electrons. The molecule has 5 unspecified atom stereocenters. The van der Waals surface area contributed by atoms with Crippen LogP contribution < -0.4 is 5.32 Å². The second kappa shape index (κ2) is 10.00. The molecule has 1 heterocycles. The number of rotatable bonds is 7. The van der Waals surface area contributed by atoms with Crippen molar-refractivity contribution in [1.29, 1.82) is 0 Å². The van der Waals surface area contributed by atoms with Crippen LogP contribution >= 0.6 is 0 Å². The number of unbranched alkanes of at least 4 members (excludes halogenated alkanes) is 2. The fraction of sp³-hybridized carbons (Fsp3) is 0.750. The van der Waals surface area contributed by atoms with E-state index < -0.39 is 12.6 Å². The Morgan fingerprint density at radius 1 is 1.33 bits per heavy atom. The summed E-state index contributed by atoms with van der Waals surface area (Å²) in [5.74, 6) is 0.524. The molecule has 1 aliphatic carbocycles. The number of nitrogens with one attached hydrogen (secondary N) is 1. The smallest absolute Gasteiger partial charge is 0.332 e. The predicted octanol–water partition coefficient (Wildman–Crippen LogP) is 3.36. The third-order valence-corrected chi connectivity index (χ3v) is 5.40. The van der Waals surface area contributed by atoms with E-state index in [0.717, 1.165) is 12.8 Å². The molecule has 1 saturated carbocycles. The van der Waals surface area contributed by atoms with E-state index in [9.17, 15) is 4.79 Å². The Morgan fingerprint density at radius 2 is 2.17 bits per heavy atom. The summed E-state index contributed by atoms with van der Waals surface area (Å²) >= 11 is 0. The molecule has 136 valence electrons. The van der Waals surface area contributed by atoms with Crippen LogP contribution in [-0.2, 0) is 9.53 Å². The van der Waals surface area contributed by atoms with Gasteiger partial charge < -0.3 is 15.2 Å². The Bertz CT molecular complexity index is 446. The van der Waals surface area contributed by atoms with Crippen LogP contribution in [0.2, 0.25) is 0 Å². The molecule has 4 nitrogen and oxygen atoms in total. The lowest BCUT2D eigenvalue weighted by Crippen LogP contribution is -2.57. The van der Waals surface area contributed by atoms with Gasteiger partial charge in [0.2, 0.25) is 0 Å². The van der Waals surface area contributed by atoms with Crippen molar-refractivity contribution < 1.29 is 14.6 Å². The number of ether oxygens (including phenoxy) is 1. The van der Waals surface area contributed by atoms with Crippen molar-refractivity contribution in [2.24, 2.45) is 11.8 Å². The monoisotopic (exact) mass is 335 g/mol. The Labute approximate surface area is 146 Å². The molecule has 1 aliphatic heterocycles. The molecule has 2 rings (SSSR count). The van der Waals surface area contributed by atoms with Gasteiger partial charge >= 0.3 is 5.97 Å². The van der Waals surface area contributed by atoms with Crippen LogP contribution in [0.5, 0.6) is 0 Å². The summed E-state index contributed by atoms with van der Waals surface area (Å²) in [5, 5.41) is 12.6. The third-order valence-electron chi connectivity index (χ3n) is 5.40. The molecule has 0 bridgehead atoms. The zero-order valence-corrected chi connectivity index (χ0v) is 15.1. The summed E-state index contributed by atoms with van der Waals surface area (Å²) in [7, 11) is 0. The van der Waals surface area contributed by atoms with E-state index in [1.54, 1.807) is 0 Å². The van der Waals surface area contributed by atoms with Gasteiger partial charge in [0.15, 0.2) is 0 Å². The van der Waals surface area contributed by atoms with Gasteiger partial charge in [0.05, 0.1) is 0 Å². The average Bonchev–Trinajstić information content (AvgIpc) is 2.58. The lowest BCUT2D eigenvalue weighted by molar-refractivity contribution is -0.157. The molecular formula is C20H33NO3. The second-order valence-electron chi connectivity index (χ2n) is 7.20. The third kappa shape index (κ3) is 5.45. The highest BCUT2D eigenvalue weighted by molar-refractivity contribution is 5.70. The summed E-state index contributed by atoms with van der Waals surface area (Å²) < 4.78 is 5.43. The minimum atomic E-state index is -0.538. The number of esters is 1. The Hall–Kier alpha value is -1.13. The van der Waals surface area contributed by atoms with E-state index in [1.165, 1.54) is 32.1 Å². The van der Waals surface area contributed by atoms with E-state index in [-0.39, 0.29) is 12.1 Å². The van der Waals surface area contributed by atoms with Crippen molar-refractivity contribution >= 4 is 5.97 Å². The van der Waals surface area contributed by atoms with Crippen molar-refractivity contribution in [3.05, 3.63) is 24.3 Å². The molecule has 0 aromatic carbocycles. The number of carbonyl (C=O) groups excluding carboxylic acids is 1. The summed E-state index contributed by atoms with van der Waals surface area (Å²) in [5.41, 5.74) is 0. The van der Waals surface area contributed by atoms with E-state index >= 15 is 0 Å². The van der Waals surface area contributed by atoms with Crippen LogP contribution in [0.15, 0.2) is 24.3 Å². The first-order chi connectivity index (χ1) is 11.7. The van der Waals surface area contributed by atoms with Gasteiger partial charge in [0.25, 0.3) is 0 Å². The fourth-order valence-corrected chi connectivity index (χ4v) is 4.06. The van der Waals surface area contributed by atoms with Crippen LogP contribution in [0.4, 0.5) is 0 Å². The topological polar surface area (TPSA) is 58.6 Å². The highest BCUT2D eigenvalue weighted by atomic mass is 16.6. The summed E-state index contributed by atoms with van der Waals surface area (Å²) in [4.78, 5) is 11.4. The zero-order chi connectivity index (χ0) is 17.4. The number of carbonyl (C=O) groups is 1. The van der Waals surface area contributed by atoms with Crippen molar-refractivity contribution in [2.45, 2.75) is 77.0 Å². The van der Waals surface area contributed by atoms with Gasteiger partial charge in [-0.25, -0.2) is 4.79 Å². The molecule has 4 heteroatoms. The predicted molar refractivity (Wildman–Crippen MR) is 96.6 cm³/mol. The normalized spacial score (nSPS) is 33.7. The summed E-state index contributed by atoms with van der Waals surface area (Å²) in [6.45, 7) is 3.74. The molecular weight excluding hydrogens is 302 g/mol. The van der Waals surface area contributed by atoms with Gasteiger partial charge in [0, 0.05) is 12.1 Å². The van der Waals surface area contributed by atoms with Crippen LogP contribution in [0.3, 0.4) is 0 Å². The molecule has 0 aromatic heterocycles. The first-order valence-electron chi connectivity index (χ1n) is 9.55. The molecule has 0 aromatic rings. The molecule has 2 N–H and O–H groups in total. The summed E-state index contributed by atoms with van der Waals surface area (Å²) in [6.07, 6.45) is 17.0. The Kier molecular flexibility index (Phi) is 8.00. The standard InChI is InChI=1S/C20H33NO3/c1-3-4-5-6-7-8-10-16-11-9-12-18-17(16)13-19(15(2)21-18)24-20(23)14-22/h6-8,10,15-19,21-22H,3-5,9,11-14H2,1-2H3. The number of allylic oxidation sites excluding steroid dienone is 4. The minimum Gasteiger partial charge on any atom is -0.459 e. The quantitative estimate of drug-likeness (QED) is 0.425. The highest BCUT2D eigenvalue weighted by Gasteiger charge is 2.41. The van der Waals surface area contributed by atoms with E-state index in [1.807, 2.05) is 0 Å². The van der Waals surface area contributed by atoms with Crippen molar-refractivity contribution in [1.82, 2.24) is 5.32 Å². The number of piperidine rings is 1. The maximum atomic E-state index is 11.4. The fourth-order valence-electron chi connectivity index (χ4n) is 4.06. The maximum absolute atomic E-state index is 11.4. The van der Waals surface area contributed by atoms with E-state index in [2.05, 4.69) is 43.5 Å². The number of aliphatic hydroxyl groups excluding tert-OH is 1. The van der Waals surface area contributed by atoms with Crippen molar-refractivity contribution in [3.63, 3.8) is 0 Å². The first kappa shape index (κ1) is 19.2. The number of aliphatic hydroxyl groups is 1. The molecule has 24 heavy (non-hydrogen) atoms. The van der Waals surface area contributed by atoms with Crippen LogP contribution in [0, 0.1) is 11.8 Å². The Balaban J connectivity index is 1.94. The van der Waals surface area contributed by atoms with Crippen molar-refractivity contribution in [2.75, 3.05) is 6.61 Å². The maximum Gasteiger partial charge on any atom is 0.332 e. The lowest BCUT2D eigenvalue weighted by atomic mass is 9.70. The van der Waals surface area contributed by atoms with Gasteiger partial charge in [-0.2, -0.15) is 0 Å². The van der Waals surface area contributed by atoms with Crippen LogP contribution in [0.25, 0.3) is 0 Å². The summed E-state index contributed by atoms with van der Waals surface area (Å²) in [6, 6.07) is 0.662. The van der Waals surface area contributed by atoms with Gasteiger partial charge in [-0.3, -0.25) is 0 Å². The van der Waals surface area contributed by atoms with Gasteiger partial charge in [-0.15, -0.1) is 0 Å².